The highest BCUT2D eigenvalue weighted by Gasteiger charge is 2.29. The SMILES string of the molecule is Cc1cc(O)cc(C(CCC(=O)C2=NS(=O)(=O)c3cc(Cl)ccc3N2)c2ncco2)c1. The maximum Gasteiger partial charge on any atom is 0.286 e. The molecule has 2 heterocycles. The molecule has 0 spiro atoms. The summed E-state index contributed by atoms with van der Waals surface area (Å²) in [5.74, 6) is -0.649. The van der Waals surface area contributed by atoms with Crippen molar-refractivity contribution in [2.45, 2.75) is 30.6 Å². The Labute approximate surface area is 183 Å². The molecule has 3 aromatic rings. The van der Waals surface area contributed by atoms with Gasteiger partial charge in [-0.25, -0.2) is 4.98 Å². The third-order valence-electron chi connectivity index (χ3n) is 4.85. The molecule has 1 aliphatic rings. The van der Waals surface area contributed by atoms with Crippen molar-refractivity contribution in [3.8, 4) is 5.75 Å². The van der Waals surface area contributed by atoms with E-state index >= 15 is 0 Å². The van der Waals surface area contributed by atoms with E-state index in [1.54, 1.807) is 12.1 Å². The van der Waals surface area contributed by atoms with Gasteiger partial charge in [-0.1, -0.05) is 17.7 Å². The monoisotopic (exact) mass is 459 g/mol. The molecular weight excluding hydrogens is 442 g/mol. The summed E-state index contributed by atoms with van der Waals surface area (Å²) in [5, 5.41) is 13.0. The highest BCUT2D eigenvalue weighted by molar-refractivity contribution is 7.90. The first-order valence-electron chi connectivity index (χ1n) is 9.37. The van der Waals surface area contributed by atoms with Crippen LogP contribution >= 0.6 is 11.6 Å². The molecule has 0 aliphatic carbocycles. The minimum Gasteiger partial charge on any atom is -0.508 e. The van der Waals surface area contributed by atoms with E-state index in [2.05, 4.69) is 14.7 Å². The lowest BCUT2D eigenvalue weighted by Crippen LogP contribution is -2.29. The largest absolute Gasteiger partial charge is 0.508 e. The Morgan fingerprint density at radius 3 is 2.77 bits per heavy atom. The fourth-order valence-corrected chi connectivity index (χ4v) is 4.88. The highest BCUT2D eigenvalue weighted by Crippen LogP contribution is 2.33. The smallest absolute Gasteiger partial charge is 0.286 e. The van der Waals surface area contributed by atoms with E-state index in [0.29, 0.717) is 5.89 Å². The maximum atomic E-state index is 12.8. The van der Waals surface area contributed by atoms with Gasteiger partial charge < -0.3 is 14.8 Å². The number of hydrogen-bond donors (Lipinski definition) is 2. The van der Waals surface area contributed by atoms with Gasteiger partial charge in [0.05, 0.1) is 17.8 Å². The van der Waals surface area contributed by atoms with Gasteiger partial charge in [0.15, 0.2) is 11.6 Å². The second-order valence-electron chi connectivity index (χ2n) is 7.17. The normalized spacial score (nSPS) is 15.5. The number of sulfonamides is 1. The zero-order chi connectivity index (χ0) is 22.2. The number of anilines is 1. The van der Waals surface area contributed by atoms with Crippen molar-refractivity contribution in [1.29, 1.82) is 0 Å². The molecule has 10 heteroatoms. The molecule has 2 aromatic carbocycles. The Morgan fingerprint density at radius 2 is 2.06 bits per heavy atom. The third-order valence-corrected chi connectivity index (χ3v) is 6.40. The lowest BCUT2D eigenvalue weighted by Gasteiger charge is -2.19. The summed E-state index contributed by atoms with van der Waals surface area (Å²) in [6, 6.07) is 9.39. The van der Waals surface area contributed by atoms with Crippen LogP contribution in [0, 0.1) is 6.92 Å². The lowest BCUT2D eigenvalue weighted by molar-refractivity contribution is -0.113. The number of carbonyl (C=O) groups is 1. The van der Waals surface area contributed by atoms with Gasteiger partial charge in [0.2, 0.25) is 5.89 Å². The molecule has 0 bridgehead atoms. The van der Waals surface area contributed by atoms with Gasteiger partial charge >= 0.3 is 0 Å². The Balaban J connectivity index is 1.58. The predicted octanol–water partition coefficient (Wildman–Crippen LogP) is 4.04. The van der Waals surface area contributed by atoms with Crippen LogP contribution in [0.25, 0.3) is 0 Å². The molecule has 0 fully saturated rings. The number of nitrogens with zero attached hydrogens (tertiary/aromatic N) is 2. The number of aryl methyl sites for hydroxylation is 1. The highest BCUT2D eigenvalue weighted by atomic mass is 35.5. The number of carbonyl (C=O) groups excluding carboxylic acids is 1. The number of amidine groups is 1. The Kier molecular flexibility index (Phi) is 5.55. The molecule has 0 amide bonds. The molecule has 1 aromatic heterocycles. The summed E-state index contributed by atoms with van der Waals surface area (Å²) >= 11 is 5.88. The van der Waals surface area contributed by atoms with E-state index in [-0.39, 0.29) is 40.0 Å². The standard InChI is InChI=1S/C21H18ClN3O5S/c1-12-8-13(10-15(26)9-12)16(21-23-6-7-30-21)3-5-18(27)20-24-17-4-2-14(22)11-19(17)31(28,29)25-20/h2,4,6-11,16,26H,3,5H2,1H3,(H,24,25). The van der Waals surface area contributed by atoms with Gasteiger partial charge in [0.1, 0.15) is 16.9 Å². The topological polar surface area (TPSA) is 122 Å². The first-order chi connectivity index (χ1) is 14.7. The van der Waals surface area contributed by atoms with Crippen LogP contribution in [0.15, 0.2) is 62.6 Å². The van der Waals surface area contributed by atoms with Crippen LogP contribution in [-0.4, -0.2) is 30.1 Å². The van der Waals surface area contributed by atoms with Crippen molar-refractivity contribution < 1.29 is 22.7 Å². The number of phenols is 1. The first kappa shape index (κ1) is 21.1. The van der Waals surface area contributed by atoms with Crippen LogP contribution in [0.2, 0.25) is 5.02 Å². The number of oxazole rings is 1. The van der Waals surface area contributed by atoms with Crippen molar-refractivity contribution in [3.05, 3.63) is 70.9 Å². The van der Waals surface area contributed by atoms with E-state index < -0.39 is 21.7 Å². The summed E-state index contributed by atoms with van der Waals surface area (Å²) < 4.78 is 34.0. The summed E-state index contributed by atoms with van der Waals surface area (Å²) in [7, 11) is -4.05. The van der Waals surface area contributed by atoms with Gasteiger partial charge in [-0.05, 0) is 54.8 Å². The van der Waals surface area contributed by atoms with E-state index in [0.717, 1.165) is 11.1 Å². The van der Waals surface area contributed by atoms with Crippen LogP contribution in [0.4, 0.5) is 5.69 Å². The molecule has 160 valence electrons. The number of ketones is 1. The Bertz CT molecular complexity index is 1270. The molecule has 8 nitrogen and oxygen atoms in total. The van der Waals surface area contributed by atoms with Crippen LogP contribution in [0.3, 0.4) is 0 Å². The number of benzene rings is 2. The second kappa shape index (κ2) is 8.16. The summed E-state index contributed by atoms with van der Waals surface area (Å²) in [4.78, 5) is 16.9. The van der Waals surface area contributed by atoms with Gasteiger partial charge in [-0.15, -0.1) is 4.40 Å². The number of nitrogens with one attached hydrogen (secondary N) is 1. The zero-order valence-electron chi connectivity index (χ0n) is 16.4. The molecule has 4 rings (SSSR count). The fraction of sp³-hybridized carbons (Fsp3) is 0.190. The van der Waals surface area contributed by atoms with Crippen molar-refractivity contribution in [3.63, 3.8) is 0 Å². The van der Waals surface area contributed by atoms with Gasteiger partial charge in [-0.2, -0.15) is 8.42 Å². The minimum absolute atomic E-state index is 0.0218. The van der Waals surface area contributed by atoms with Gasteiger partial charge in [0, 0.05) is 11.4 Å². The zero-order valence-corrected chi connectivity index (χ0v) is 17.9. The number of Topliss-reactive ketones (excluding diaryl/α,β-unsaturated/α-hetero) is 1. The Morgan fingerprint density at radius 1 is 1.26 bits per heavy atom. The molecule has 0 saturated heterocycles. The predicted molar refractivity (Wildman–Crippen MR) is 115 cm³/mol. The number of phenolic OH excluding ortho intramolecular Hbond substituents is 1. The summed E-state index contributed by atoms with van der Waals surface area (Å²) in [6.07, 6.45) is 3.19. The van der Waals surface area contributed by atoms with Crippen LogP contribution < -0.4 is 5.32 Å². The van der Waals surface area contributed by atoms with E-state index in [1.807, 2.05) is 13.0 Å². The van der Waals surface area contributed by atoms with E-state index in [1.165, 1.54) is 30.7 Å². The maximum absolute atomic E-state index is 12.8. The molecule has 31 heavy (non-hydrogen) atoms. The van der Waals surface area contributed by atoms with Crippen molar-refractivity contribution in [2.75, 3.05) is 5.32 Å². The average molecular weight is 460 g/mol. The number of aromatic hydroxyl groups is 1. The summed E-state index contributed by atoms with van der Waals surface area (Å²) in [6.45, 7) is 1.84. The number of aromatic nitrogens is 1. The van der Waals surface area contributed by atoms with E-state index in [9.17, 15) is 18.3 Å². The average Bonchev–Trinajstić information content (AvgIpc) is 3.22. The molecule has 1 aliphatic heterocycles. The molecule has 0 saturated carbocycles. The number of halogens is 1. The second-order valence-corrected chi connectivity index (χ2v) is 9.18. The number of hydrogen-bond acceptors (Lipinski definition) is 7. The van der Waals surface area contributed by atoms with Crippen molar-refractivity contribution in [2.24, 2.45) is 4.40 Å². The lowest BCUT2D eigenvalue weighted by atomic mass is 9.91. The Hall–Kier alpha value is -3.17. The van der Waals surface area contributed by atoms with Crippen molar-refractivity contribution >= 4 is 38.9 Å². The number of fused-ring (bicyclic) bond motifs is 1. The third kappa shape index (κ3) is 4.47. The fourth-order valence-electron chi connectivity index (χ4n) is 3.48. The number of rotatable bonds is 6. The summed E-state index contributed by atoms with van der Waals surface area (Å²) in [5.41, 5.74) is 1.83. The van der Waals surface area contributed by atoms with Gasteiger partial charge in [0.25, 0.3) is 10.0 Å². The molecular formula is C21H18ClN3O5S. The van der Waals surface area contributed by atoms with Crippen LogP contribution in [-0.2, 0) is 14.8 Å². The van der Waals surface area contributed by atoms with Gasteiger partial charge in [-0.3, -0.25) is 4.79 Å². The van der Waals surface area contributed by atoms with E-state index in [4.69, 9.17) is 16.0 Å². The first-order valence-corrected chi connectivity index (χ1v) is 11.2. The van der Waals surface area contributed by atoms with Crippen LogP contribution in [0.1, 0.15) is 35.8 Å². The molecule has 0 radical (unpaired) electrons. The molecule has 2 N–H and O–H groups in total. The molecule has 1 atom stereocenters. The minimum atomic E-state index is -4.05. The molecule has 1 unspecified atom stereocenters. The van der Waals surface area contributed by atoms with Crippen molar-refractivity contribution in [1.82, 2.24) is 4.98 Å². The van der Waals surface area contributed by atoms with Crippen LogP contribution in [0.5, 0.6) is 5.75 Å². The quantitative estimate of drug-likeness (QED) is 0.570.